The standard InChI is InChI=1S/C8H11NOS/c1-6-9-7(4-11-6)8(2,3)5-10/h4-5H,1-3H3. The highest BCUT2D eigenvalue weighted by atomic mass is 32.1. The first kappa shape index (κ1) is 8.40. The minimum absolute atomic E-state index is 0.426. The lowest BCUT2D eigenvalue weighted by Gasteiger charge is -2.12. The SMILES string of the molecule is Cc1nc(C(C)(C)C=O)cs1. The Labute approximate surface area is 70.3 Å². The second-order valence-corrected chi connectivity index (χ2v) is 4.15. The summed E-state index contributed by atoms with van der Waals surface area (Å²) in [6.45, 7) is 5.68. The highest BCUT2D eigenvalue weighted by molar-refractivity contribution is 7.09. The molecule has 0 aromatic carbocycles. The molecule has 3 heteroatoms. The van der Waals surface area contributed by atoms with Crippen LogP contribution in [0.2, 0.25) is 0 Å². The molecule has 1 rings (SSSR count). The number of hydrogen-bond acceptors (Lipinski definition) is 3. The van der Waals surface area contributed by atoms with Crippen LogP contribution in [0.15, 0.2) is 5.38 Å². The Morgan fingerprint density at radius 1 is 1.64 bits per heavy atom. The summed E-state index contributed by atoms with van der Waals surface area (Å²) in [6, 6.07) is 0. The molecular formula is C8H11NOS. The van der Waals surface area contributed by atoms with Gasteiger partial charge < -0.3 is 4.79 Å². The Morgan fingerprint density at radius 2 is 2.27 bits per heavy atom. The molecule has 0 aliphatic carbocycles. The van der Waals surface area contributed by atoms with Gasteiger partial charge in [0.1, 0.15) is 6.29 Å². The van der Waals surface area contributed by atoms with Crippen molar-refractivity contribution in [3.63, 3.8) is 0 Å². The van der Waals surface area contributed by atoms with Crippen molar-refractivity contribution >= 4 is 17.6 Å². The number of thiazole rings is 1. The number of nitrogens with zero attached hydrogens (tertiary/aromatic N) is 1. The van der Waals surface area contributed by atoms with E-state index in [9.17, 15) is 4.79 Å². The molecule has 0 bridgehead atoms. The van der Waals surface area contributed by atoms with E-state index in [-0.39, 0.29) is 0 Å². The molecule has 0 saturated carbocycles. The number of carbonyl (C=O) groups is 1. The molecule has 1 heterocycles. The van der Waals surface area contributed by atoms with Crippen molar-refractivity contribution in [3.8, 4) is 0 Å². The van der Waals surface area contributed by atoms with Gasteiger partial charge in [-0.15, -0.1) is 11.3 Å². The van der Waals surface area contributed by atoms with Gasteiger partial charge in [0.2, 0.25) is 0 Å². The number of carbonyl (C=O) groups excluding carboxylic acids is 1. The normalized spacial score (nSPS) is 11.5. The van der Waals surface area contributed by atoms with Gasteiger partial charge in [-0.25, -0.2) is 4.98 Å². The minimum atomic E-state index is -0.426. The molecule has 2 nitrogen and oxygen atoms in total. The predicted octanol–water partition coefficient (Wildman–Crippen LogP) is 1.93. The molecule has 1 aromatic heterocycles. The third-order valence-corrected chi connectivity index (χ3v) is 2.35. The van der Waals surface area contributed by atoms with Crippen molar-refractivity contribution in [1.82, 2.24) is 4.98 Å². The predicted molar refractivity (Wildman–Crippen MR) is 45.9 cm³/mol. The third-order valence-electron chi connectivity index (χ3n) is 1.57. The van der Waals surface area contributed by atoms with Crippen molar-refractivity contribution in [2.24, 2.45) is 0 Å². The van der Waals surface area contributed by atoms with E-state index in [0.29, 0.717) is 0 Å². The maximum absolute atomic E-state index is 10.6. The van der Waals surface area contributed by atoms with Crippen LogP contribution in [0, 0.1) is 6.92 Å². The molecule has 0 spiro atoms. The van der Waals surface area contributed by atoms with Crippen LogP contribution in [0.1, 0.15) is 24.5 Å². The van der Waals surface area contributed by atoms with Crippen molar-refractivity contribution in [2.75, 3.05) is 0 Å². The summed E-state index contributed by atoms with van der Waals surface area (Å²) in [5.41, 5.74) is 0.445. The molecular weight excluding hydrogens is 158 g/mol. The molecule has 1 aromatic rings. The quantitative estimate of drug-likeness (QED) is 0.633. The summed E-state index contributed by atoms with van der Waals surface area (Å²) in [6.07, 6.45) is 0.932. The van der Waals surface area contributed by atoms with Gasteiger partial charge in [-0.2, -0.15) is 0 Å². The van der Waals surface area contributed by atoms with Crippen molar-refractivity contribution in [2.45, 2.75) is 26.2 Å². The minimum Gasteiger partial charge on any atom is -0.302 e. The summed E-state index contributed by atoms with van der Waals surface area (Å²) >= 11 is 1.58. The average molecular weight is 169 g/mol. The fourth-order valence-corrected chi connectivity index (χ4v) is 1.51. The van der Waals surface area contributed by atoms with Gasteiger partial charge >= 0.3 is 0 Å². The van der Waals surface area contributed by atoms with Crippen molar-refractivity contribution < 1.29 is 4.79 Å². The fraction of sp³-hybridized carbons (Fsp3) is 0.500. The Kier molecular flexibility index (Phi) is 2.09. The van der Waals surface area contributed by atoms with Crippen molar-refractivity contribution in [3.05, 3.63) is 16.1 Å². The van der Waals surface area contributed by atoms with E-state index in [1.54, 1.807) is 11.3 Å². The highest BCUT2D eigenvalue weighted by Crippen LogP contribution is 2.21. The Morgan fingerprint density at radius 3 is 2.64 bits per heavy atom. The van der Waals surface area contributed by atoms with E-state index in [0.717, 1.165) is 17.0 Å². The summed E-state index contributed by atoms with van der Waals surface area (Å²) in [7, 11) is 0. The maximum Gasteiger partial charge on any atom is 0.131 e. The van der Waals surface area contributed by atoms with E-state index >= 15 is 0 Å². The van der Waals surface area contributed by atoms with Gasteiger partial charge in [0.05, 0.1) is 16.1 Å². The molecule has 0 unspecified atom stereocenters. The molecule has 11 heavy (non-hydrogen) atoms. The lowest BCUT2D eigenvalue weighted by atomic mass is 9.92. The van der Waals surface area contributed by atoms with Crippen LogP contribution in [0.25, 0.3) is 0 Å². The lowest BCUT2D eigenvalue weighted by Crippen LogP contribution is -2.18. The van der Waals surface area contributed by atoms with Crippen LogP contribution in [0.3, 0.4) is 0 Å². The smallest absolute Gasteiger partial charge is 0.131 e. The zero-order valence-corrected chi connectivity index (χ0v) is 7.73. The first-order valence-corrected chi connectivity index (χ1v) is 4.33. The number of aldehydes is 1. The van der Waals surface area contributed by atoms with E-state index in [1.807, 2.05) is 26.2 Å². The maximum atomic E-state index is 10.6. The van der Waals surface area contributed by atoms with Crippen LogP contribution in [0.5, 0.6) is 0 Å². The molecule has 0 N–H and O–H groups in total. The van der Waals surface area contributed by atoms with Gasteiger partial charge in [-0.05, 0) is 20.8 Å². The van der Waals surface area contributed by atoms with Crippen LogP contribution >= 0.6 is 11.3 Å². The van der Waals surface area contributed by atoms with Crippen molar-refractivity contribution in [1.29, 1.82) is 0 Å². The van der Waals surface area contributed by atoms with Gasteiger partial charge in [-0.3, -0.25) is 0 Å². The zero-order valence-electron chi connectivity index (χ0n) is 6.92. The van der Waals surface area contributed by atoms with Crippen LogP contribution in [-0.2, 0) is 10.2 Å². The van der Waals surface area contributed by atoms with Crippen LogP contribution < -0.4 is 0 Å². The number of hydrogen-bond donors (Lipinski definition) is 0. The average Bonchev–Trinajstić information content (AvgIpc) is 2.36. The Hall–Kier alpha value is -0.700. The van der Waals surface area contributed by atoms with E-state index in [2.05, 4.69) is 4.98 Å². The van der Waals surface area contributed by atoms with Crippen LogP contribution in [0.4, 0.5) is 0 Å². The Balaban J connectivity index is 3.01. The molecule has 0 radical (unpaired) electrons. The number of aromatic nitrogens is 1. The lowest BCUT2D eigenvalue weighted by molar-refractivity contribution is -0.111. The van der Waals surface area contributed by atoms with E-state index < -0.39 is 5.41 Å². The number of aryl methyl sites for hydroxylation is 1. The molecule has 0 aliphatic rings. The molecule has 0 amide bonds. The molecule has 0 saturated heterocycles. The molecule has 0 aliphatic heterocycles. The third kappa shape index (κ3) is 1.66. The Bertz CT molecular complexity index is 265. The van der Waals surface area contributed by atoms with Gasteiger partial charge in [0.15, 0.2) is 0 Å². The summed E-state index contributed by atoms with van der Waals surface area (Å²) in [4.78, 5) is 14.8. The fourth-order valence-electron chi connectivity index (χ4n) is 0.720. The topological polar surface area (TPSA) is 30.0 Å². The first-order chi connectivity index (χ1) is 5.06. The van der Waals surface area contributed by atoms with Gasteiger partial charge in [-0.1, -0.05) is 0 Å². The largest absolute Gasteiger partial charge is 0.302 e. The second kappa shape index (κ2) is 2.74. The summed E-state index contributed by atoms with van der Waals surface area (Å²) in [5, 5.41) is 2.94. The summed E-state index contributed by atoms with van der Waals surface area (Å²) < 4.78 is 0. The molecule has 0 fully saturated rings. The number of rotatable bonds is 2. The van der Waals surface area contributed by atoms with Gasteiger partial charge in [0.25, 0.3) is 0 Å². The molecule has 0 atom stereocenters. The van der Waals surface area contributed by atoms with Crippen LogP contribution in [-0.4, -0.2) is 11.3 Å². The summed E-state index contributed by atoms with van der Waals surface area (Å²) in [5.74, 6) is 0. The second-order valence-electron chi connectivity index (χ2n) is 3.09. The first-order valence-electron chi connectivity index (χ1n) is 3.45. The zero-order chi connectivity index (χ0) is 8.48. The highest BCUT2D eigenvalue weighted by Gasteiger charge is 2.21. The van der Waals surface area contributed by atoms with E-state index in [4.69, 9.17) is 0 Å². The molecule has 60 valence electrons. The van der Waals surface area contributed by atoms with Gasteiger partial charge in [0, 0.05) is 5.38 Å². The monoisotopic (exact) mass is 169 g/mol. The van der Waals surface area contributed by atoms with E-state index in [1.165, 1.54) is 0 Å².